The molecule has 1 aromatic rings. The number of nitrogens with zero attached hydrogens (tertiary/aromatic N) is 3. The van der Waals surface area contributed by atoms with Crippen LogP contribution in [0.15, 0.2) is 18.2 Å². The minimum absolute atomic E-state index is 0.0948. The number of likely N-dealkylation sites (N-methyl/N-ethyl adjacent to an activating group) is 1. The lowest BCUT2D eigenvalue weighted by molar-refractivity contribution is -0.384. The van der Waals surface area contributed by atoms with E-state index in [1.54, 1.807) is 12.1 Å². The number of hydrogen-bond acceptors (Lipinski definition) is 4. The lowest BCUT2D eigenvalue weighted by atomic mass is 10.2. The Morgan fingerprint density at radius 1 is 1.40 bits per heavy atom. The first-order valence-electron chi connectivity index (χ1n) is 6.90. The molecular weight excluding hydrogens is 278 g/mol. The molecule has 5 nitrogen and oxygen atoms in total. The number of benzene rings is 1. The monoisotopic (exact) mass is 297 g/mol. The lowest BCUT2D eigenvalue weighted by Gasteiger charge is -2.21. The highest BCUT2D eigenvalue weighted by molar-refractivity contribution is 6.31. The van der Waals surface area contributed by atoms with E-state index in [0.29, 0.717) is 11.6 Å². The van der Waals surface area contributed by atoms with Gasteiger partial charge in [-0.25, -0.2) is 0 Å². The lowest BCUT2D eigenvalue weighted by Crippen LogP contribution is -2.31. The average Bonchev–Trinajstić information content (AvgIpc) is 2.92. The first-order chi connectivity index (χ1) is 9.56. The zero-order valence-electron chi connectivity index (χ0n) is 11.7. The number of likely N-dealkylation sites (tertiary alicyclic amines) is 1. The Labute approximate surface area is 124 Å². The second-order valence-electron chi connectivity index (χ2n) is 5.32. The third-order valence-corrected chi connectivity index (χ3v) is 4.05. The fourth-order valence-corrected chi connectivity index (χ4v) is 2.66. The molecule has 0 aromatic heterocycles. The van der Waals surface area contributed by atoms with Crippen LogP contribution in [0.4, 0.5) is 5.69 Å². The van der Waals surface area contributed by atoms with Crippen molar-refractivity contribution >= 4 is 17.3 Å². The molecule has 0 bridgehead atoms. The van der Waals surface area contributed by atoms with Gasteiger partial charge >= 0.3 is 0 Å². The molecule has 0 atom stereocenters. The highest BCUT2D eigenvalue weighted by Gasteiger charge is 2.14. The first kappa shape index (κ1) is 15.2. The summed E-state index contributed by atoms with van der Waals surface area (Å²) in [7, 11) is 2.02. The van der Waals surface area contributed by atoms with Crippen LogP contribution in [0.5, 0.6) is 0 Å². The highest BCUT2D eigenvalue weighted by atomic mass is 35.5. The molecule has 0 unspecified atom stereocenters. The van der Waals surface area contributed by atoms with Gasteiger partial charge in [0.05, 0.1) is 4.92 Å². The van der Waals surface area contributed by atoms with Crippen LogP contribution < -0.4 is 0 Å². The molecule has 1 saturated heterocycles. The molecule has 1 aliphatic rings. The largest absolute Gasteiger partial charge is 0.302 e. The summed E-state index contributed by atoms with van der Waals surface area (Å²) in [4.78, 5) is 15.0. The molecule has 0 saturated carbocycles. The van der Waals surface area contributed by atoms with Crippen LogP contribution in [-0.2, 0) is 6.54 Å². The number of rotatable bonds is 6. The second-order valence-corrected chi connectivity index (χ2v) is 5.73. The maximum atomic E-state index is 10.8. The summed E-state index contributed by atoms with van der Waals surface area (Å²) in [6, 6.07) is 4.61. The molecule has 0 radical (unpaired) electrons. The van der Waals surface area contributed by atoms with Gasteiger partial charge in [0.2, 0.25) is 0 Å². The number of nitro groups is 1. The van der Waals surface area contributed by atoms with Crippen molar-refractivity contribution in [1.82, 2.24) is 9.80 Å². The number of non-ortho nitro benzene ring substituents is 1. The van der Waals surface area contributed by atoms with E-state index in [0.717, 1.165) is 18.7 Å². The van der Waals surface area contributed by atoms with Crippen molar-refractivity contribution in [2.45, 2.75) is 19.4 Å². The Kier molecular flexibility index (Phi) is 5.34. The van der Waals surface area contributed by atoms with Crippen LogP contribution in [0.3, 0.4) is 0 Å². The zero-order valence-corrected chi connectivity index (χ0v) is 12.5. The van der Waals surface area contributed by atoms with Gasteiger partial charge in [0.15, 0.2) is 0 Å². The zero-order chi connectivity index (χ0) is 14.5. The van der Waals surface area contributed by atoms with Crippen LogP contribution in [0, 0.1) is 10.1 Å². The number of halogens is 1. The van der Waals surface area contributed by atoms with Crippen molar-refractivity contribution in [2.24, 2.45) is 0 Å². The smallest absolute Gasteiger partial charge is 0.269 e. The quantitative estimate of drug-likeness (QED) is 0.598. The van der Waals surface area contributed by atoms with Crippen LogP contribution in [-0.4, -0.2) is 47.9 Å². The first-order valence-corrected chi connectivity index (χ1v) is 7.28. The maximum Gasteiger partial charge on any atom is 0.269 e. The number of nitro benzene ring substituents is 1. The molecular formula is C14H20ClN3O2. The van der Waals surface area contributed by atoms with Crippen LogP contribution in [0.1, 0.15) is 18.4 Å². The fraction of sp³-hybridized carbons (Fsp3) is 0.571. The van der Waals surface area contributed by atoms with Crippen LogP contribution >= 0.6 is 11.6 Å². The van der Waals surface area contributed by atoms with Crippen molar-refractivity contribution < 1.29 is 4.92 Å². The predicted molar refractivity (Wildman–Crippen MR) is 80.1 cm³/mol. The molecule has 6 heteroatoms. The van der Waals surface area contributed by atoms with Gasteiger partial charge in [0.1, 0.15) is 0 Å². The van der Waals surface area contributed by atoms with Gasteiger partial charge in [-0.05, 0) is 44.6 Å². The van der Waals surface area contributed by atoms with E-state index in [4.69, 9.17) is 11.6 Å². The van der Waals surface area contributed by atoms with E-state index in [1.165, 1.54) is 32.0 Å². The van der Waals surface area contributed by atoms with E-state index in [-0.39, 0.29) is 10.6 Å². The second kappa shape index (κ2) is 7.02. The standard InChI is InChI=1S/C14H20ClN3O2/c1-16(8-9-17-6-2-3-7-17)11-12-10-13(18(19)20)4-5-14(12)15/h4-5,10H,2-3,6-9,11H2,1H3. The van der Waals surface area contributed by atoms with Gasteiger partial charge in [-0.2, -0.15) is 0 Å². The van der Waals surface area contributed by atoms with Crippen LogP contribution in [0.2, 0.25) is 5.02 Å². The summed E-state index contributed by atoms with van der Waals surface area (Å²) < 4.78 is 0. The summed E-state index contributed by atoms with van der Waals surface area (Å²) in [5.74, 6) is 0. The third kappa shape index (κ3) is 4.16. The predicted octanol–water partition coefficient (Wildman–Crippen LogP) is 2.78. The van der Waals surface area contributed by atoms with Crippen molar-refractivity contribution in [3.8, 4) is 0 Å². The van der Waals surface area contributed by atoms with E-state index >= 15 is 0 Å². The van der Waals surface area contributed by atoms with Crippen LogP contribution in [0.25, 0.3) is 0 Å². The Balaban J connectivity index is 1.90. The van der Waals surface area contributed by atoms with Crippen molar-refractivity contribution in [3.63, 3.8) is 0 Å². The van der Waals surface area contributed by atoms with E-state index in [1.807, 2.05) is 7.05 Å². The summed E-state index contributed by atoms with van der Waals surface area (Å²) in [6.45, 7) is 4.99. The highest BCUT2D eigenvalue weighted by Crippen LogP contribution is 2.23. The van der Waals surface area contributed by atoms with Crippen molar-refractivity contribution in [3.05, 3.63) is 38.9 Å². The summed E-state index contributed by atoms with van der Waals surface area (Å²) >= 11 is 6.11. The summed E-state index contributed by atoms with van der Waals surface area (Å²) in [6.07, 6.45) is 2.58. The fourth-order valence-electron chi connectivity index (χ4n) is 2.48. The molecule has 20 heavy (non-hydrogen) atoms. The minimum atomic E-state index is -0.385. The SMILES string of the molecule is CN(CCN1CCCC1)Cc1cc([N+](=O)[O-])ccc1Cl. The molecule has 0 N–H and O–H groups in total. The molecule has 1 fully saturated rings. The van der Waals surface area contributed by atoms with Gasteiger partial charge in [0.25, 0.3) is 5.69 Å². The molecule has 0 aliphatic carbocycles. The normalized spacial score (nSPS) is 15.9. The van der Waals surface area contributed by atoms with Crippen molar-refractivity contribution in [1.29, 1.82) is 0 Å². The van der Waals surface area contributed by atoms with Gasteiger partial charge in [-0.3, -0.25) is 10.1 Å². The summed E-state index contributed by atoms with van der Waals surface area (Å²) in [5, 5.41) is 11.4. The molecule has 1 aromatic carbocycles. The topological polar surface area (TPSA) is 49.6 Å². The molecule has 110 valence electrons. The maximum absolute atomic E-state index is 10.8. The van der Waals surface area contributed by atoms with E-state index < -0.39 is 0 Å². The molecule has 0 spiro atoms. The minimum Gasteiger partial charge on any atom is -0.302 e. The average molecular weight is 298 g/mol. The van der Waals surface area contributed by atoms with E-state index in [2.05, 4.69) is 9.80 Å². The molecule has 1 aliphatic heterocycles. The van der Waals surface area contributed by atoms with Crippen molar-refractivity contribution in [2.75, 3.05) is 33.2 Å². The third-order valence-electron chi connectivity index (χ3n) is 3.68. The van der Waals surface area contributed by atoms with Gasteiger partial charge in [0, 0.05) is 36.8 Å². The Morgan fingerprint density at radius 2 is 2.10 bits per heavy atom. The molecule has 0 amide bonds. The Hall–Kier alpha value is -1.17. The number of hydrogen-bond donors (Lipinski definition) is 0. The van der Waals surface area contributed by atoms with Gasteiger partial charge in [-0.1, -0.05) is 11.6 Å². The Morgan fingerprint density at radius 3 is 2.75 bits per heavy atom. The Bertz CT molecular complexity index is 475. The van der Waals surface area contributed by atoms with E-state index in [9.17, 15) is 10.1 Å². The molecule has 1 heterocycles. The summed E-state index contributed by atoms with van der Waals surface area (Å²) in [5.41, 5.74) is 0.905. The molecule has 2 rings (SSSR count). The van der Waals surface area contributed by atoms with Gasteiger partial charge < -0.3 is 9.80 Å². The van der Waals surface area contributed by atoms with Gasteiger partial charge in [-0.15, -0.1) is 0 Å².